The Morgan fingerprint density at radius 3 is 2.45 bits per heavy atom. The van der Waals surface area contributed by atoms with Gasteiger partial charge in [-0.2, -0.15) is 0 Å². The van der Waals surface area contributed by atoms with Gasteiger partial charge in [-0.3, -0.25) is 4.79 Å². The third-order valence-electron chi connectivity index (χ3n) is 3.29. The molecule has 1 rings (SSSR count). The summed E-state index contributed by atoms with van der Waals surface area (Å²) in [6, 6.07) is 6.14. The van der Waals surface area contributed by atoms with Gasteiger partial charge >= 0.3 is 0 Å². The van der Waals surface area contributed by atoms with E-state index < -0.39 is 0 Å². The van der Waals surface area contributed by atoms with Crippen LogP contribution >= 0.6 is 11.6 Å². The summed E-state index contributed by atoms with van der Waals surface area (Å²) in [4.78, 5) is 11.9. The second-order valence-corrected chi connectivity index (χ2v) is 7.38. The molecule has 1 atom stereocenters. The molecule has 1 aromatic carbocycles. The number of carbonyl (C=O) groups is 1. The van der Waals surface area contributed by atoms with Gasteiger partial charge in [-0.15, -0.1) is 11.6 Å². The SMILES string of the molecule is Cc1ccc(CC(=O)NCC(Cl)CC(C)(C)C)cc1C. The first-order valence-electron chi connectivity index (χ1n) is 7.14. The fourth-order valence-corrected chi connectivity index (χ4v) is 2.66. The summed E-state index contributed by atoms with van der Waals surface area (Å²) in [5.74, 6) is 0.0350. The molecule has 0 radical (unpaired) electrons. The molecule has 0 aliphatic carbocycles. The second-order valence-electron chi connectivity index (χ2n) is 6.76. The zero-order chi connectivity index (χ0) is 15.3. The van der Waals surface area contributed by atoms with Crippen LogP contribution in [0.1, 0.15) is 43.9 Å². The summed E-state index contributed by atoms with van der Waals surface area (Å²) in [6.07, 6.45) is 1.30. The molecule has 0 aliphatic rings. The van der Waals surface area contributed by atoms with E-state index in [1.54, 1.807) is 0 Å². The van der Waals surface area contributed by atoms with Crippen LogP contribution in [0.25, 0.3) is 0 Å². The Bertz CT molecular complexity index is 463. The molecule has 0 saturated heterocycles. The van der Waals surface area contributed by atoms with Crippen LogP contribution in [0.4, 0.5) is 0 Å². The summed E-state index contributed by atoms with van der Waals surface area (Å²) in [5.41, 5.74) is 3.71. The Hall–Kier alpha value is -1.02. The molecule has 0 heterocycles. The zero-order valence-electron chi connectivity index (χ0n) is 13.2. The quantitative estimate of drug-likeness (QED) is 0.817. The van der Waals surface area contributed by atoms with Crippen LogP contribution in [0.5, 0.6) is 0 Å². The maximum Gasteiger partial charge on any atom is 0.224 e. The molecule has 2 nitrogen and oxygen atoms in total. The van der Waals surface area contributed by atoms with Gasteiger partial charge in [-0.05, 0) is 42.4 Å². The molecule has 3 heteroatoms. The smallest absolute Gasteiger partial charge is 0.224 e. The number of hydrogen-bond acceptors (Lipinski definition) is 1. The Morgan fingerprint density at radius 2 is 1.90 bits per heavy atom. The number of halogens is 1. The fraction of sp³-hybridized carbons (Fsp3) is 0.588. The lowest BCUT2D eigenvalue weighted by atomic mass is 9.90. The summed E-state index contributed by atoms with van der Waals surface area (Å²) < 4.78 is 0. The molecule has 1 amide bonds. The number of nitrogens with one attached hydrogen (secondary N) is 1. The van der Waals surface area contributed by atoms with Crippen molar-refractivity contribution in [3.8, 4) is 0 Å². The molecule has 0 aliphatic heterocycles. The van der Waals surface area contributed by atoms with Gasteiger partial charge in [0, 0.05) is 6.54 Å². The van der Waals surface area contributed by atoms with E-state index in [1.165, 1.54) is 11.1 Å². The predicted octanol–water partition coefficient (Wildman–Crippen LogP) is 4.01. The molecule has 112 valence electrons. The van der Waals surface area contributed by atoms with Crippen LogP contribution in [0.2, 0.25) is 0 Å². The largest absolute Gasteiger partial charge is 0.354 e. The third-order valence-corrected chi connectivity index (χ3v) is 3.60. The van der Waals surface area contributed by atoms with Crippen molar-refractivity contribution in [3.63, 3.8) is 0 Å². The monoisotopic (exact) mass is 295 g/mol. The van der Waals surface area contributed by atoms with Crippen molar-refractivity contribution < 1.29 is 4.79 Å². The summed E-state index contributed by atoms with van der Waals surface area (Å²) in [5, 5.41) is 2.90. The first-order chi connectivity index (χ1) is 9.17. The van der Waals surface area contributed by atoms with E-state index >= 15 is 0 Å². The standard InChI is InChI=1S/C17H26ClNO/c1-12-6-7-14(8-13(12)2)9-16(20)19-11-15(18)10-17(3,4)5/h6-8,15H,9-11H2,1-5H3,(H,19,20). The van der Waals surface area contributed by atoms with Crippen LogP contribution < -0.4 is 5.32 Å². The number of aryl methyl sites for hydroxylation is 2. The Morgan fingerprint density at radius 1 is 1.25 bits per heavy atom. The van der Waals surface area contributed by atoms with Gasteiger partial charge in [0.05, 0.1) is 11.8 Å². The van der Waals surface area contributed by atoms with Gasteiger partial charge in [0.15, 0.2) is 0 Å². The van der Waals surface area contributed by atoms with Gasteiger partial charge in [-0.25, -0.2) is 0 Å². The summed E-state index contributed by atoms with van der Waals surface area (Å²) in [6.45, 7) is 11.1. The Balaban J connectivity index is 2.42. The molecule has 20 heavy (non-hydrogen) atoms. The van der Waals surface area contributed by atoms with Crippen molar-refractivity contribution in [2.75, 3.05) is 6.54 Å². The van der Waals surface area contributed by atoms with Crippen molar-refractivity contribution in [3.05, 3.63) is 34.9 Å². The van der Waals surface area contributed by atoms with E-state index in [-0.39, 0.29) is 16.7 Å². The lowest BCUT2D eigenvalue weighted by molar-refractivity contribution is -0.120. The average molecular weight is 296 g/mol. The van der Waals surface area contributed by atoms with Gasteiger partial charge in [0.1, 0.15) is 0 Å². The van der Waals surface area contributed by atoms with Crippen LogP contribution in [0.15, 0.2) is 18.2 Å². The number of hydrogen-bond donors (Lipinski definition) is 1. The maximum absolute atomic E-state index is 11.9. The lowest BCUT2D eigenvalue weighted by Crippen LogP contribution is -2.32. The van der Waals surface area contributed by atoms with Crippen molar-refractivity contribution in [1.82, 2.24) is 5.32 Å². The molecule has 1 aromatic rings. The lowest BCUT2D eigenvalue weighted by Gasteiger charge is -2.22. The third kappa shape index (κ3) is 6.42. The Labute approximate surface area is 127 Å². The minimum absolute atomic E-state index is 0.0151. The van der Waals surface area contributed by atoms with E-state index in [4.69, 9.17) is 11.6 Å². The molecule has 1 N–H and O–H groups in total. The molecule has 0 saturated carbocycles. The summed E-state index contributed by atoms with van der Waals surface area (Å²) >= 11 is 6.24. The highest BCUT2D eigenvalue weighted by Gasteiger charge is 2.17. The zero-order valence-corrected chi connectivity index (χ0v) is 14.0. The van der Waals surface area contributed by atoms with Gasteiger partial charge in [-0.1, -0.05) is 39.0 Å². The molecule has 0 bridgehead atoms. The highest BCUT2D eigenvalue weighted by Crippen LogP contribution is 2.23. The number of alkyl halides is 1. The molecular formula is C17H26ClNO. The number of benzene rings is 1. The van der Waals surface area contributed by atoms with Crippen LogP contribution in [0.3, 0.4) is 0 Å². The van der Waals surface area contributed by atoms with E-state index in [0.29, 0.717) is 13.0 Å². The van der Waals surface area contributed by atoms with Crippen LogP contribution in [-0.4, -0.2) is 17.8 Å². The highest BCUT2D eigenvalue weighted by molar-refractivity contribution is 6.20. The molecule has 0 spiro atoms. The Kier molecular flexibility index (Phi) is 6.07. The van der Waals surface area contributed by atoms with E-state index in [1.807, 2.05) is 6.07 Å². The topological polar surface area (TPSA) is 29.1 Å². The fourth-order valence-electron chi connectivity index (χ4n) is 2.12. The minimum Gasteiger partial charge on any atom is -0.354 e. The first kappa shape index (κ1) is 17.0. The van der Waals surface area contributed by atoms with Crippen molar-refractivity contribution in [2.24, 2.45) is 5.41 Å². The highest BCUT2D eigenvalue weighted by atomic mass is 35.5. The number of rotatable bonds is 5. The second kappa shape index (κ2) is 7.12. The normalized spacial score (nSPS) is 13.1. The maximum atomic E-state index is 11.9. The number of amides is 1. The van der Waals surface area contributed by atoms with Gasteiger partial charge in [0.2, 0.25) is 5.91 Å². The van der Waals surface area contributed by atoms with Crippen molar-refractivity contribution in [1.29, 1.82) is 0 Å². The molecule has 1 unspecified atom stereocenters. The minimum atomic E-state index is -0.0151. The average Bonchev–Trinajstić information content (AvgIpc) is 2.29. The van der Waals surface area contributed by atoms with E-state index in [9.17, 15) is 4.79 Å². The van der Waals surface area contributed by atoms with Gasteiger partial charge in [0.25, 0.3) is 0 Å². The molecule has 0 aromatic heterocycles. The molecular weight excluding hydrogens is 270 g/mol. The first-order valence-corrected chi connectivity index (χ1v) is 7.58. The van der Waals surface area contributed by atoms with Crippen LogP contribution in [0, 0.1) is 19.3 Å². The van der Waals surface area contributed by atoms with Crippen molar-refractivity contribution >= 4 is 17.5 Å². The van der Waals surface area contributed by atoms with E-state index in [2.05, 4.69) is 52.1 Å². The molecule has 0 fully saturated rings. The number of carbonyl (C=O) groups excluding carboxylic acids is 1. The van der Waals surface area contributed by atoms with Gasteiger partial charge < -0.3 is 5.32 Å². The summed E-state index contributed by atoms with van der Waals surface area (Å²) in [7, 11) is 0. The predicted molar refractivity (Wildman–Crippen MR) is 86.3 cm³/mol. The van der Waals surface area contributed by atoms with Crippen LogP contribution in [-0.2, 0) is 11.2 Å². The van der Waals surface area contributed by atoms with Crippen molar-refractivity contribution in [2.45, 2.75) is 52.8 Å². The van der Waals surface area contributed by atoms with E-state index in [0.717, 1.165) is 12.0 Å².